The van der Waals surface area contributed by atoms with Gasteiger partial charge in [-0.15, -0.1) is 0 Å². The van der Waals surface area contributed by atoms with Gasteiger partial charge < -0.3 is 5.32 Å². The van der Waals surface area contributed by atoms with Gasteiger partial charge in [0.15, 0.2) is 0 Å². The third kappa shape index (κ3) is 4.41. The molecule has 1 N–H and O–H groups in total. The lowest BCUT2D eigenvalue weighted by Gasteiger charge is -2.37. The summed E-state index contributed by atoms with van der Waals surface area (Å²) in [5.74, 6) is 0.233. The van der Waals surface area contributed by atoms with Gasteiger partial charge in [-0.1, -0.05) is 19.8 Å². The lowest BCUT2D eigenvalue weighted by Crippen LogP contribution is -2.52. The summed E-state index contributed by atoms with van der Waals surface area (Å²) < 4.78 is 26.2. The second-order valence-electron chi connectivity index (χ2n) is 5.94. The van der Waals surface area contributed by atoms with Crippen molar-refractivity contribution in [2.75, 3.05) is 45.0 Å². The molecule has 2 fully saturated rings. The molecular weight excluding hydrogens is 274 g/mol. The number of rotatable bonds is 7. The molecule has 0 aromatic rings. The molecule has 118 valence electrons. The molecule has 6 heteroatoms. The average Bonchev–Trinajstić information content (AvgIpc) is 2.98. The number of hydrogen-bond donors (Lipinski definition) is 1. The third-order valence-electron chi connectivity index (χ3n) is 4.47. The SMILES string of the molecule is CCCNCCS(=O)(=O)N1CCN(C2CCCC2)CC1. The van der Waals surface area contributed by atoms with E-state index in [-0.39, 0.29) is 5.75 Å². The van der Waals surface area contributed by atoms with Crippen LogP contribution in [0.4, 0.5) is 0 Å². The van der Waals surface area contributed by atoms with Gasteiger partial charge in [-0.25, -0.2) is 8.42 Å². The molecule has 1 saturated heterocycles. The van der Waals surface area contributed by atoms with Crippen LogP contribution < -0.4 is 5.32 Å². The van der Waals surface area contributed by atoms with Gasteiger partial charge in [-0.3, -0.25) is 4.90 Å². The fourth-order valence-corrected chi connectivity index (χ4v) is 4.63. The zero-order valence-corrected chi connectivity index (χ0v) is 13.5. The van der Waals surface area contributed by atoms with Crippen LogP contribution in [-0.2, 0) is 10.0 Å². The van der Waals surface area contributed by atoms with Crippen LogP contribution >= 0.6 is 0 Å². The normalized spacial score (nSPS) is 23.4. The molecule has 0 radical (unpaired) electrons. The van der Waals surface area contributed by atoms with Crippen molar-refractivity contribution in [3.05, 3.63) is 0 Å². The first-order valence-corrected chi connectivity index (χ1v) is 9.67. The topological polar surface area (TPSA) is 52.7 Å². The lowest BCUT2D eigenvalue weighted by atomic mass is 10.2. The maximum Gasteiger partial charge on any atom is 0.215 e. The Hall–Kier alpha value is -0.170. The molecule has 0 aromatic heterocycles. The molecular formula is C14H29N3O2S. The van der Waals surface area contributed by atoms with Crippen molar-refractivity contribution >= 4 is 10.0 Å². The molecule has 0 aromatic carbocycles. The predicted octanol–water partition coefficient (Wildman–Crippen LogP) is 0.876. The van der Waals surface area contributed by atoms with E-state index in [1.54, 1.807) is 4.31 Å². The van der Waals surface area contributed by atoms with Crippen molar-refractivity contribution in [2.45, 2.75) is 45.1 Å². The molecule has 0 amide bonds. The van der Waals surface area contributed by atoms with Crippen LogP contribution in [0.5, 0.6) is 0 Å². The standard InChI is InChI=1S/C14H29N3O2S/c1-2-7-15-8-13-20(18,19)17-11-9-16(10-12-17)14-5-3-4-6-14/h14-15H,2-13H2,1H3. The Morgan fingerprint density at radius 1 is 1.05 bits per heavy atom. The lowest BCUT2D eigenvalue weighted by molar-refractivity contribution is 0.139. The molecule has 1 heterocycles. The van der Waals surface area contributed by atoms with Crippen molar-refractivity contribution in [3.63, 3.8) is 0 Å². The number of sulfonamides is 1. The molecule has 5 nitrogen and oxygen atoms in total. The van der Waals surface area contributed by atoms with Crippen LogP contribution in [0, 0.1) is 0 Å². The summed E-state index contributed by atoms with van der Waals surface area (Å²) in [6, 6.07) is 0.714. The van der Waals surface area contributed by atoms with E-state index in [4.69, 9.17) is 0 Å². The molecule has 0 unspecified atom stereocenters. The smallest absolute Gasteiger partial charge is 0.215 e. The second kappa shape index (κ2) is 7.73. The van der Waals surface area contributed by atoms with Crippen molar-refractivity contribution in [1.82, 2.24) is 14.5 Å². The average molecular weight is 303 g/mol. The summed E-state index contributed by atoms with van der Waals surface area (Å²) >= 11 is 0. The zero-order chi connectivity index (χ0) is 14.4. The summed E-state index contributed by atoms with van der Waals surface area (Å²) in [4.78, 5) is 2.49. The van der Waals surface area contributed by atoms with E-state index in [1.165, 1.54) is 25.7 Å². The summed E-state index contributed by atoms with van der Waals surface area (Å²) in [6.07, 6.45) is 6.32. The molecule has 2 rings (SSSR count). The summed E-state index contributed by atoms with van der Waals surface area (Å²) in [7, 11) is -3.07. The highest BCUT2D eigenvalue weighted by atomic mass is 32.2. The van der Waals surface area contributed by atoms with Gasteiger partial charge >= 0.3 is 0 Å². The minimum absolute atomic E-state index is 0.233. The number of nitrogens with zero attached hydrogens (tertiary/aromatic N) is 2. The highest BCUT2D eigenvalue weighted by molar-refractivity contribution is 7.89. The number of nitrogens with one attached hydrogen (secondary N) is 1. The fourth-order valence-electron chi connectivity index (χ4n) is 3.25. The Balaban J connectivity index is 1.74. The molecule has 1 saturated carbocycles. The largest absolute Gasteiger partial charge is 0.316 e. The molecule has 0 atom stereocenters. The first-order valence-electron chi connectivity index (χ1n) is 8.06. The maximum absolute atomic E-state index is 12.2. The summed E-state index contributed by atoms with van der Waals surface area (Å²) in [5, 5.41) is 3.17. The van der Waals surface area contributed by atoms with E-state index in [0.29, 0.717) is 25.7 Å². The van der Waals surface area contributed by atoms with Gasteiger partial charge in [-0.05, 0) is 25.8 Å². The van der Waals surface area contributed by atoms with Gasteiger partial charge in [0.2, 0.25) is 10.0 Å². The molecule has 20 heavy (non-hydrogen) atoms. The van der Waals surface area contributed by atoms with Gasteiger partial charge in [-0.2, -0.15) is 4.31 Å². The van der Waals surface area contributed by atoms with E-state index in [9.17, 15) is 8.42 Å². The quantitative estimate of drug-likeness (QED) is 0.709. The Bertz CT molecular complexity index is 372. The van der Waals surface area contributed by atoms with E-state index in [0.717, 1.165) is 26.1 Å². The Morgan fingerprint density at radius 3 is 2.30 bits per heavy atom. The molecule has 0 spiro atoms. The highest BCUT2D eigenvalue weighted by Crippen LogP contribution is 2.24. The second-order valence-corrected chi connectivity index (χ2v) is 8.03. The third-order valence-corrected chi connectivity index (χ3v) is 6.34. The van der Waals surface area contributed by atoms with Crippen molar-refractivity contribution in [3.8, 4) is 0 Å². The molecule has 0 bridgehead atoms. The maximum atomic E-state index is 12.2. The van der Waals surface area contributed by atoms with Gasteiger partial charge in [0.25, 0.3) is 0 Å². The van der Waals surface area contributed by atoms with Crippen molar-refractivity contribution in [1.29, 1.82) is 0 Å². The van der Waals surface area contributed by atoms with E-state index in [1.807, 2.05) is 0 Å². The minimum atomic E-state index is -3.07. The molecule has 2 aliphatic rings. The minimum Gasteiger partial charge on any atom is -0.316 e. The fraction of sp³-hybridized carbons (Fsp3) is 1.00. The van der Waals surface area contributed by atoms with Gasteiger partial charge in [0.05, 0.1) is 5.75 Å². The van der Waals surface area contributed by atoms with Crippen LogP contribution in [0.1, 0.15) is 39.0 Å². The van der Waals surface area contributed by atoms with E-state index < -0.39 is 10.0 Å². The first kappa shape index (κ1) is 16.2. The predicted molar refractivity (Wildman–Crippen MR) is 82.3 cm³/mol. The van der Waals surface area contributed by atoms with Gasteiger partial charge in [0, 0.05) is 38.8 Å². The highest BCUT2D eigenvalue weighted by Gasteiger charge is 2.30. The summed E-state index contributed by atoms with van der Waals surface area (Å²) in [5.41, 5.74) is 0. The van der Waals surface area contributed by atoms with Gasteiger partial charge in [0.1, 0.15) is 0 Å². The van der Waals surface area contributed by atoms with Crippen LogP contribution in [0.25, 0.3) is 0 Å². The Morgan fingerprint density at radius 2 is 1.70 bits per heavy atom. The van der Waals surface area contributed by atoms with E-state index >= 15 is 0 Å². The monoisotopic (exact) mass is 303 g/mol. The first-order chi connectivity index (χ1) is 9.63. The van der Waals surface area contributed by atoms with Crippen LogP contribution in [0.15, 0.2) is 0 Å². The molecule has 1 aliphatic heterocycles. The van der Waals surface area contributed by atoms with Crippen molar-refractivity contribution in [2.24, 2.45) is 0 Å². The zero-order valence-electron chi connectivity index (χ0n) is 12.7. The molecule has 1 aliphatic carbocycles. The Labute approximate surface area is 123 Å². The van der Waals surface area contributed by atoms with Crippen LogP contribution in [0.2, 0.25) is 0 Å². The van der Waals surface area contributed by atoms with E-state index in [2.05, 4.69) is 17.1 Å². The van der Waals surface area contributed by atoms with Crippen LogP contribution in [0.3, 0.4) is 0 Å². The summed E-state index contributed by atoms with van der Waals surface area (Å²) in [6.45, 7) is 6.71. The van der Waals surface area contributed by atoms with Crippen molar-refractivity contribution < 1.29 is 8.42 Å². The number of piperazine rings is 1. The van der Waals surface area contributed by atoms with Crippen LogP contribution in [-0.4, -0.2) is 68.7 Å². The number of hydrogen-bond acceptors (Lipinski definition) is 4. The Kier molecular flexibility index (Phi) is 6.26.